The summed E-state index contributed by atoms with van der Waals surface area (Å²) in [6, 6.07) is 7.05. The Bertz CT molecular complexity index is 867. The largest absolute Gasteiger partial charge is 0.321 e. The Morgan fingerprint density at radius 2 is 2.05 bits per heavy atom. The number of nitrogens with zero attached hydrogens (tertiary/aromatic N) is 3. The van der Waals surface area contributed by atoms with Crippen molar-refractivity contribution in [1.82, 2.24) is 14.8 Å². The minimum Gasteiger partial charge on any atom is -0.321 e. The number of aromatic nitrogens is 3. The van der Waals surface area contributed by atoms with Crippen LogP contribution in [0.4, 0.5) is 10.8 Å². The van der Waals surface area contributed by atoms with Crippen LogP contribution in [0, 0.1) is 0 Å². The molecule has 0 unspecified atom stereocenters. The summed E-state index contributed by atoms with van der Waals surface area (Å²) in [5.41, 5.74) is 1.91. The lowest BCUT2D eigenvalue weighted by molar-refractivity contribution is -0.114. The van der Waals surface area contributed by atoms with E-state index in [-0.39, 0.29) is 11.8 Å². The van der Waals surface area contributed by atoms with Crippen molar-refractivity contribution in [3.63, 3.8) is 0 Å². The number of rotatable bonds is 3. The summed E-state index contributed by atoms with van der Waals surface area (Å²) in [6.45, 7) is 1.44. The van der Waals surface area contributed by atoms with E-state index in [0.717, 1.165) is 10.2 Å². The molecular weight excluding hydrogens is 302 g/mol. The van der Waals surface area contributed by atoms with Crippen LogP contribution in [0.25, 0.3) is 10.2 Å². The molecule has 1 aromatic carbocycles. The van der Waals surface area contributed by atoms with Gasteiger partial charge in [0.15, 0.2) is 5.13 Å². The number of fused-ring (bicyclic) bond motifs is 1. The predicted molar refractivity (Wildman–Crippen MR) is 85.1 cm³/mol. The predicted octanol–water partition coefficient (Wildman–Crippen LogP) is 2.24. The molecule has 0 aliphatic carbocycles. The molecule has 0 aliphatic heterocycles. The SMILES string of the molecule is CC(=O)Nc1nc2ccc(NC(=O)c3ccnn3C)cc2s1. The molecule has 0 atom stereocenters. The van der Waals surface area contributed by atoms with Crippen LogP contribution in [0.15, 0.2) is 30.5 Å². The number of thiazole rings is 1. The first-order chi connectivity index (χ1) is 10.5. The van der Waals surface area contributed by atoms with Gasteiger partial charge >= 0.3 is 0 Å². The van der Waals surface area contributed by atoms with Crippen LogP contribution >= 0.6 is 11.3 Å². The summed E-state index contributed by atoms with van der Waals surface area (Å²) in [4.78, 5) is 27.5. The molecule has 0 bridgehead atoms. The number of nitrogens with one attached hydrogen (secondary N) is 2. The Labute approximate surface area is 130 Å². The van der Waals surface area contributed by atoms with Gasteiger partial charge in [-0.1, -0.05) is 11.3 Å². The van der Waals surface area contributed by atoms with E-state index in [1.54, 1.807) is 31.4 Å². The van der Waals surface area contributed by atoms with Crippen LogP contribution < -0.4 is 10.6 Å². The number of aryl methyl sites for hydroxylation is 1. The molecule has 2 heterocycles. The lowest BCUT2D eigenvalue weighted by atomic mass is 10.3. The molecule has 2 N–H and O–H groups in total. The minimum absolute atomic E-state index is 0.163. The summed E-state index contributed by atoms with van der Waals surface area (Å²) in [5, 5.41) is 9.98. The van der Waals surface area contributed by atoms with Crippen molar-refractivity contribution in [3.8, 4) is 0 Å². The molecule has 0 saturated carbocycles. The number of carbonyl (C=O) groups excluding carboxylic acids is 2. The van der Waals surface area contributed by atoms with E-state index in [1.165, 1.54) is 22.9 Å². The lowest BCUT2D eigenvalue weighted by Crippen LogP contribution is -2.15. The third-order valence-corrected chi connectivity index (χ3v) is 3.92. The number of amides is 2. The molecule has 22 heavy (non-hydrogen) atoms. The van der Waals surface area contributed by atoms with Crippen molar-refractivity contribution in [2.75, 3.05) is 10.6 Å². The first-order valence-electron chi connectivity index (χ1n) is 6.50. The topological polar surface area (TPSA) is 88.9 Å². The first-order valence-corrected chi connectivity index (χ1v) is 7.32. The van der Waals surface area contributed by atoms with Gasteiger partial charge in [0, 0.05) is 25.9 Å². The van der Waals surface area contributed by atoms with Crippen molar-refractivity contribution < 1.29 is 9.59 Å². The van der Waals surface area contributed by atoms with Gasteiger partial charge in [0.1, 0.15) is 5.69 Å². The van der Waals surface area contributed by atoms with Gasteiger partial charge in [-0.3, -0.25) is 14.3 Å². The number of hydrogen-bond acceptors (Lipinski definition) is 5. The average Bonchev–Trinajstić information content (AvgIpc) is 3.03. The van der Waals surface area contributed by atoms with Crippen molar-refractivity contribution in [2.45, 2.75) is 6.92 Å². The van der Waals surface area contributed by atoms with Crippen molar-refractivity contribution in [1.29, 1.82) is 0 Å². The van der Waals surface area contributed by atoms with Gasteiger partial charge < -0.3 is 10.6 Å². The Hall–Kier alpha value is -2.74. The second-order valence-electron chi connectivity index (χ2n) is 4.68. The standard InChI is InChI=1S/C14H13N5O2S/c1-8(20)16-14-18-10-4-3-9(7-12(10)22-14)17-13(21)11-5-6-15-19(11)2/h3-7H,1-2H3,(H,17,21)(H,16,18,20). The van der Waals surface area contributed by atoms with Gasteiger partial charge in [0.2, 0.25) is 5.91 Å². The van der Waals surface area contributed by atoms with Crippen molar-refractivity contribution in [2.24, 2.45) is 7.05 Å². The number of hydrogen-bond donors (Lipinski definition) is 2. The fraction of sp³-hybridized carbons (Fsp3) is 0.143. The molecule has 0 radical (unpaired) electrons. The Balaban J connectivity index is 1.84. The van der Waals surface area contributed by atoms with Gasteiger partial charge in [0.25, 0.3) is 5.91 Å². The molecule has 8 heteroatoms. The zero-order valence-corrected chi connectivity index (χ0v) is 12.8. The lowest BCUT2D eigenvalue weighted by Gasteiger charge is -2.05. The average molecular weight is 315 g/mol. The monoisotopic (exact) mass is 315 g/mol. The minimum atomic E-state index is -0.231. The Morgan fingerprint density at radius 1 is 1.23 bits per heavy atom. The van der Waals surface area contributed by atoms with Gasteiger partial charge in [-0.15, -0.1) is 0 Å². The van der Waals surface area contributed by atoms with Crippen molar-refractivity contribution >= 4 is 44.2 Å². The van der Waals surface area contributed by atoms with E-state index < -0.39 is 0 Å². The van der Waals surface area contributed by atoms with E-state index in [2.05, 4.69) is 20.7 Å². The van der Waals surface area contributed by atoms with E-state index in [0.29, 0.717) is 16.5 Å². The highest BCUT2D eigenvalue weighted by Crippen LogP contribution is 2.28. The third-order valence-electron chi connectivity index (χ3n) is 2.98. The Kier molecular flexibility index (Phi) is 3.60. The fourth-order valence-electron chi connectivity index (χ4n) is 2.00. The first kappa shape index (κ1) is 14.2. The van der Waals surface area contributed by atoms with Gasteiger partial charge in [0.05, 0.1) is 10.2 Å². The van der Waals surface area contributed by atoms with E-state index >= 15 is 0 Å². The molecule has 0 saturated heterocycles. The highest BCUT2D eigenvalue weighted by atomic mass is 32.1. The normalized spacial score (nSPS) is 10.6. The van der Waals surface area contributed by atoms with Crippen LogP contribution in [-0.2, 0) is 11.8 Å². The summed E-state index contributed by atoms with van der Waals surface area (Å²) in [7, 11) is 1.71. The molecule has 3 rings (SSSR count). The third kappa shape index (κ3) is 2.82. The van der Waals surface area contributed by atoms with Crippen LogP contribution in [0.3, 0.4) is 0 Å². The molecule has 0 aliphatic rings. The number of anilines is 2. The maximum absolute atomic E-state index is 12.1. The van der Waals surface area contributed by atoms with Crippen LogP contribution in [-0.4, -0.2) is 26.6 Å². The van der Waals surface area contributed by atoms with E-state index in [4.69, 9.17) is 0 Å². The van der Waals surface area contributed by atoms with Gasteiger partial charge in [-0.25, -0.2) is 4.98 Å². The molecule has 0 fully saturated rings. The Morgan fingerprint density at radius 3 is 2.73 bits per heavy atom. The summed E-state index contributed by atoms with van der Waals surface area (Å²) in [5.74, 6) is -0.394. The van der Waals surface area contributed by atoms with E-state index in [1.807, 2.05) is 6.07 Å². The zero-order valence-electron chi connectivity index (χ0n) is 12.0. The highest BCUT2D eigenvalue weighted by Gasteiger charge is 2.11. The molecular formula is C14H13N5O2S. The number of carbonyl (C=O) groups is 2. The quantitative estimate of drug-likeness (QED) is 0.776. The van der Waals surface area contributed by atoms with Crippen LogP contribution in [0.2, 0.25) is 0 Å². The molecule has 7 nitrogen and oxygen atoms in total. The summed E-state index contributed by atoms with van der Waals surface area (Å²) < 4.78 is 2.39. The highest BCUT2D eigenvalue weighted by molar-refractivity contribution is 7.22. The van der Waals surface area contributed by atoms with Crippen LogP contribution in [0.1, 0.15) is 17.4 Å². The zero-order chi connectivity index (χ0) is 15.7. The summed E-state index contributed by atoms with van der Waals surface area (Å²) >= 11 is 1.36. The molecule has 2 amide bonds. The van der Waals surface area contributed by atoms with E-state index in [9.17, 15) is 9.59 Å². The smallest absolute Gasteiger partial charge is 0.273 e. The maximum Gasteiger partial charge on any atom is 0.273 e. The molecule has 2 aromatic heterocycles. The maximum atomic E-state index is 12.1. The second-order valence-corrected chi connectivity index (χ2v) is 5.71. The van der Waals surface area contributed by atoms with Gasteiger partial charge in [-0.05, 0) is 24.3 Å². The second kappa shape index (κ2) is 5.57. The molecule has 0 spiro atoms. The number of benzene rings is 1. The van der Waals surface area contributed by atoms with Gasteiger partial charge in [-0.2, -0.15) is 5.10 Å². The van der Waals surface area contributed by atoms with Crippen molar-refractivity contribution in [3.05, 3.63) is 36.2 Å². The molecule has 3 aromatic rings. The van der Waals surface area contributed by atoms with Crippen LogP contribution in [0.5, 0.6) is 0 Å². The summed E-state index contributed by atoms with van der Waals surface area (Å²) in [6.07, 6.45) is 1.57. The molecule has 112 valence electrons. The fourth-order valence-corrected chi connectivity index (χ4v) is 2.95.